The lowest BCUT2D eigenvalue weighted by Crippen LogP contribution is -2.45. The molecule has 1 heterocycles. The van der Waals surface area contributed by atoms with E-state index < -0.39 is 17.7 Å². The topological polar surface area (TPSA) is 92.0 Å². The lowest BCUT2D eigenvalue weighted by atomic mass is 9.89. The zero-order chi connectivity index (χ0) is 20.1. The SMILES string of the molecule is COc1ccc(N2C(=O)c3ccccc3[C@@H](C=NCCC#N)C2=O)cc1OC. The summed E-state index contributed by atoms with van der Waals surface area (Å²) in [5.74, 6) is -0.608. The average molecular weight is 377 g/mol. The van der Waals surface area contributed by atoms with Crippen molar-refractivity contribution in [1.82, 2.24) is 0 Å². The van der Waals surface area contributed by atoms with Gasteiger partial charge in [0.25, 0.3) is 5.91 Å². The van der Waals surface area contributed by atoms with E-state index in [4.69, 9.17) is 14.7 Å². The Labute approximate surface area is 162 Å². The van der Waals surface area contributed by atoms with Crippen LogP contribution in [0.2, 0.25) is 0 Å². The number of hydrogen-bond acceptors (Lipinski definition) is 6. The van der Waals surface area contributed by atoms with Gasteiger partial charge in [0, 0.05) is 17.8 Å². The molecule has 0 fully saturated rings. The van der Waals surface area contributed by atoms with E-state index in [1.54, 1.807) is 42.5 Å². The minimum absolute atomic E-state index is 0.261. The van der Waals surface area contributed by atoms with Crippen molar-refractivity contribution in [3.8, 4) is 17.6 Å². The maximum Gasteiger partial charge on any atom is 0.265 e. The van der Waals surface area contributed by atoms with E-state index in [1.807, 2.05) is 6.07 Å². The highest BCUT2D eigenvalue weighted by Gasteiger charge is 2.39. The number of amides is 2. The molecule has 0 aromatic heterocycles. The number of aliphatic imine (C=N–C) groups is 1. The summed E-state index contributed by atoms with van der Waals surface area (Å²) < 4.78 is 10.5. The van der Waals surface area contributed by atoms with Gasteiger partial charge in [-0.2, -0.15) is 5.26 Å². The molecule has 0 saturated heterocycles. The normalized spacial score (nSPS) is 16.0. The Morgan fingerprint density at radius 3 is 2.61 bits per heavy atom. The van der Waals surface area contributed by atoms with E-state index >= 15 is 0 Å². The van der Waals surface area contributed by atoms with Crippen LogP contribution in [0, 0.1) is 11.3 Å². The second-order valence-electron chi connectivity index (χ2n) is 6.05. The molecule has 0 saturated carbocycles. The zero-order valence-corrected chi connectivity index (χ0v) is 15.6. The number of nitrogens with zero attached hydrogens (tertiary/aromatic N) is 3. The van der Waals surface area contributed by atoms with Crippen LogP contribution in [-0.2, 0) is 4.79 Å². The summed E-state index contributed by atoms with van der Waals surface area (Å²) in [7, 11) is 3.00. The summed E-state index contributed by atoms with van der Waals surface area (Å²) in [6.45, 7) is 0.298. The van der Waals surface area contributed by atoms with Crippen molar-refractivity contribution in [3.05, 3.63) is 53.6 Å². The maximum atomic E-state index is 13.2. The van der Waals surface area contributed by atoms with Crippen LogP contribution in [0.4, 0.5) is 5.69 Å². The third-order valence-corrected chi connectivity index (χ3v) is 4.45. The van der Waals surface area contributed by atoms with Crippen molar-refractivity contribution in [2.75, 3.05) is 25.7 Å². The number of imide groups is 1. The van der Waals surface area contributed by atoms with Crippen molar-refractivity contribution in [3.63, 3.8) is 0 Å². The van der Waals surface area contributed by atoms with Gasteiger partial charge in [-0.15, -0.1) is 0 Å². The number of benzene rings is 2. The number of fused-ring (bicyclic) bond motifs is 1. The van der Waals surface area contributed by atoms with Gasteiger partial charge in [-0.1, -0.05) is 18.2 Å². The number of ether oxygens (including phenoxy) is 2. The van der Waals surface area contributed by atoms with Gasteiger partial charge in [-0.25, -0.2) is 4.90 Å². The molecule has 7 heteroatoms. The van der Waals surface area contributed by atoms with Crippen molar-refractivity contribution in [2.24, 2.45) is 4.99 Å². The van der Waals surface area contributed by atoms with Crippen molar-refractivity contribution < 1.29 is 19.1 Å². The Morgan fingerprint density at radius 2 is 1.89 bits per heavy atom. The summed E-state index contributed by atoms with van der Waals surface area (Å²) in [6, 6.07) is 13.8. The molecular weight excluding hydrogens is 358 g/mol. The van der Waals surface area contributed by atoms with Crippen LogP contribution in [-0.4, -0.2) is 38.8 Å². The zero-order valence-electron chi connectivity index (χ0n) is 15.6. The van der Waals surface area contributed by atoms with Crippen LogP contribution in [0.25, 0.3) is 0 Å². The molecule has 7 nitrogen and oxygen atoms in total. The highest BCUT2D eigenvalue weighted by Crippen LogP contribution is 2.36. The van der Waals surface area contributed by atoms with Gasteiger partial charge in [0.05, 0.1) is 44.9 Å². The summed E-state index contributed by atoms with van der Waals surface area (Å²) in [5.41, 5.74) is 1.43. The first-order valence-corrected chi connectivity index (χ1v) is 8.68. The van der Waals surface area contributed by atoms with Crippen LogP contribution in [0.1, 0.15) is 28.3 Å². The Hall–Kier alpha value is -3.66. The number of carbonyl (C=O) groups is 2. The monoisotopic (exact) mass is 377 g/mol. The van der Waals surface area contributed by atoms with E-state index in [0.717, 1.165) is 4.90 Å². The molecule has 0 radical (unpaired) electrons. The molecule has 0 unspecified atom stereocenters. The Balaban J connectivity index is 2.06. The summed E-state index contributed by atoms with van der Waals surface area (Å²) in [6.07, 6.45) is 1.77. The fourth-order valence-corrected chi connectivity index (χ4v) is 3.10. The molecule has 0 aliphatic carbocycles. The molecule has 142 valence electrons. The first-order valence-electron chi connectivity index (χ1n) is 8.68. The highest BCUT2D eigenvalue weighted by molar-refractivity contribution is 6.29. The predicted octanol–water partition coefficient (Wildman–Crippen LogP) is 2.96. The number of methoxy groups -OCH3 is 2. The molecule has 28 heavy (non-hydrogen) atoms. The summed E-state index contributed by atoms with van der Waals surface area (Å²) in [5, 5.41) is 8.66. The first kappa shape index (κ1) is 19.1. The number of nitriles is 1. The number of hydrogen-bond donors (Lipinski definition) is 0. The van der Waals surface area contributed by atoms with E-state index in [1.165, 1.54) is 20.4 Å². The van der Waals surface area contributed by atoms with Crippen molar-refractivity contribution >= 4 is 23.7 Å². The number of anilines is 1. The van der Waals surface area contributed by atoms with Crippen molar-refractivity contribution in [2.45, 2.75) is 12.3 Å². The minimum atomic E-state index is -0.708. The van der Waals surface area contributed by atoms with Gasteiger partial charge >= 0.3 is 0 Å². The van der Waals surface area contributed by atoms with Gasteiger partial charge < -0.3 is 9.47 Å². The lowest BCUT2D eigenvalue weighted by Gasteiger charge is -2.31. The fraction of sp³-hybridized carbons (Fsp3) is 0.238. The predicted molar refractivity (Wildman–Crippen MR) is 104 cm³/mol. The molecule has 0 bridgehead atoms. The quantitative estimate of drug-likeness (QED) is 0.438. The number of rotatable bonds is 6. The standard InChI is InChI=1S/C21H19N3O4/c1-27-18-9-8-14(12-19(18)28-2)24-20(25)16-7-4-3-6-15(16)17(21(24)26)13-23-11-5-10-22/h3-4,6-9,12-13,17H,5,11H2,1-2H3/t17-/m1/s1. The molecule has 2 amide bonds. The smallest absolute Gasteiger partial charge is 0.265 e. The van der Waals surface area contributed by atoms with E-state index in [-0.39, 0.29) is 6.42 Å². The van der Waals surface area contributed by atoms with Crippen LogP contribution in [0.15, 0.2) is 47.5 Å². The molecule has 1 atom stereocenters. The van der Waals surface area contributed by atoms with Crippen molar-refractivity contribution in [1.29, 1.82) is 5.26 Å². The minimum Gasteiger partial charge on any atom is -0.493 e. The summed E-state index contributed by atoms with van der Waals surface area (Å²) >= 11 is 0. The maximum absolute atomic E-state index is 13.2. The van der Waals surface area contributed by atoms with E-state index in [0.29, 0.717) is 34.9 Å². The lowest BCUT2D eigenvalue weighted by molar-refractivity contribution is -0.118. The Bertz CT molecular complexity index is 978. The van der Waals surface area contributed by atoms with Gasteiger partial charge in [0.2, 0.25) is 5.91 Å². The Morgan fingerprint density at radius 1 is 1.14 bits per heavy atom. The molecule has 0 N–H and O–H groups in total. The van der Waals surface area contributed by atoms with Crippen LogP contribution in [0.5, 0.6) is 11.5 Å². The molecule has 1 aliphatic heterocycles. The van der Waals surface area contributed by atoms with Crippen LogP contribution >= 0.6 is 0 Å². The fourth-order valence-electron chi connectivity index (χ4n) is 3.10. The molecule has 2 aromatic rings. The van der Waals surface area contributed by atoms with E-state index in [2.05, 4.69) is 4.99 Å². The van der Waals surface area contributed by atoms with Gasteiger partial charge in [-0.05, 0) is 23.8 Å². The average Bonchev–Trinajstić information content (AvgIpc) is 2.73. The second-order valence-corrected chi connectivity index (χ2v) is 6.05. The van der Waals surface area contributed by atoms with E-state index in [9.17, 15) is 9.59 Å². The Kier molecular flexibility index (Phi) is 5.70. The third kappa shape index (κ3) is 3.45. The molecular formula is C21H19N3O4. The molecule has 2 aromatic carbocycles. The number of carbonyl (C=O) groups excluding carboxylic acids is 2. The van der Waals surface area contributed by atoms with Crippen LogP contribution < -0.4 is 14.4 Å². The van der Waals surface area contributed by atoms with Gasteiger partial charge in [-0.3, -0.25) is 14.6 Å². The molecule has 0 spiro atoms. The molecule has 1 aliphatic rings. The largest absolute Gasteiger partial charge is 0.493 e. The van der Waals surface area contributed by atoms with Crippen LogP contribution in [0.3, 0.4) is 0 Å². The van der Waals surface area contributed by atoms with Gasteiger partial charge in [0.1, 0.15) is 0 Å². The first-order chi connectivity index (χ1) is 13.6. The third-order valence-electron chi connectivity index (χ3n) is 4.45. The second kappa shape index (κ2) is 8.35. The summed E-state index contributed by atoms with van der Waals surface area (Å²) in [4.78, 5) is 31.6. The molecule has 3 rings (SSSR count). The highest BCUT2D eigenvalue weighted by atomic mass is 16.5. The van der Waals surface area contributed by atoms with Gasteiger partial charge in [0.15, 0.2) is 11.5 Å².